The van der Waals surface area contributed by atoms with Gasteiger partial charge >= 0.3 is 12.1 Å². The minimum absolute atomic E-state index is 0.0208. The molecule has 10 nitrogen and oxygen atoms in total. The number of nitrogens with one attached hydrogen (secondary N) is 4. The Morgan fingerprint density at radius 1 is 0.667 bits per heavy atom. The molecule has 0 atom stereocenters. The van der Waals surface area contributed by atoms with E-state index in [-0.39, 0.29) is 13.1 Å². The lowest BCUT2D eigenvalue weighted by atomic mass is 10.1. The van der Waals surface area contributed by atoms with Crippen molar-refractivity contribution in [2.24, 2.45) is 0 Å². The first-order valence-corrected chi connectivity index (χ1v) is 9.55. The molecule has 2 aromatic rings. The van der Waals surface area contributed by atoms with Gasteiger partial charge in [0, 0.05) is 37.4 Å². The Balaban J connectivity index is 1.92. The zero-order valence-corrected chi connectivity index (χ0v) is 17.0. The summed E-state index contributed by atoms with van der Waals surface area (Å²) in [6.07, 6.45) is 6.97. The van der Waals surface area contributed by atoms with Crippen LogP contribution in [0.1, 0.15) is 13.8 Å². The van der Waals surface area contributed by atoms with E-state index < -0.39 is 23.9 Å². The van der Waals surface area contributed by atoms with E-state index in [1.54, 1.807) is 47.8 Å². The molecule has 0 radical (unpaired) electrons. The van der Waals surface area contributed by atoms with E-state index in [1.165, 1.54) is 0 Å². The fourth-order valence-corrected chi connectivity index (χ4v) is 2.58. The van der Waals surface area contributed by atoms with Crippen molar-refractivity contribution in [2.45, 2.75) is 26.9 Å². The molecule has 2 rings (SSSR count). The molecule has 0 fully saturated rings. The Bertz CT molecular complexity index is 821. The van der Waals surface area contributed by atoms with Gasteiger partial charge in [-0.25, -0.2) is 9.59 Å². The van der Waals surface area contributed by atoms with Gasteiger partial charge in [0.15, 0.2) is 24.8 Å². The Morgan fingerprint density at radius 3 is 1.30 bits per heavy atom. The summed E-state index contributed by atoms with van der Waals surface area (Å²) < 4.78 is 3.32. The minimum Gasteiger partial charge on any atom is -0.338 e. The van der Waals surface area contributed by atoms with Gasteiger partial charge in [0.2, 0.25) is 13.1 Å². The van der Waals surface area contributed by atoms with E-state index in [9.17, 15) is 19.2 Å². The van der Waals surface area contributed by atoms with E-state index in [0.29, 0.717) is 13.1 Å². The van der Waals surface area contributed by atoms with Crippen molar-refractivity contribution in [2.75, 3.05) is 13.1 Å². The smallest absolute Gasteiger partial charge is 0.321 e. The molecule has 0 saturated carbocycles. The maximum absolute atomic E-state index is 11.8. The standard InChI is InChI=1S/C20H24N6O4/c1-3-21-19(29)23-17(27)13-25-9-5-15(6-10-25)16-7-11-26(12-8-16)14-18(28)24-20(30)22-4-2/h5-12H,3-4,13-14H2,1-2H3,(H2-2,21,22,23,24,27,28,29,30)/p+2. The van der Waals surface area contributed by atoms with Gasteiger partial charge in [-0.15, -0.1) is 0 Å². The van der Waals surface area contributed by atoms with Gasteiger partial charge < -0.3 is 10.6 Å². The van der Waals surface area contributed by atoms with Gasteiger partial charge in [-0.1, -0.05) is 0 Å². The molecule has 0 unspecified atom stereocenters. The summed E-state index contributed by atoms with van der Waals surface area (Å²) >= 11 is 0. The quantitative estimate of drug-likeness (QED) is 0.461. The number of carbonyl (C=O) groups is 4. The van der Waals surface area contributed by atoms with E-state index in [1.807, 2.05) is 24.3 Å². The van der Waals surface area contributed by atoms with Gasteiger partial charge in [-0.3, -0.25) is 20.2 Å². The summed E-state index contributed by atoms with van der Waals surface area (Å²) in [5.41, 5.74) is 1.85. The first-order valence-electron chi connectivity index (χ1n) is 9.55. The predicted molar refractivity (Wildman–Crippen MR) is 107 cm³/mol. The van der Waals surface area contributed by atoms with Crippen molar-refractivity contribution in [1.29, 1.82) is 0 Å². The monoisotopic (exact) mass is 414 g/mol. The highest BCUT2D eigenvalue weighted by atomic mass is 16.2. The largest absolute Gasteiger partial charge is 0.338 e. The molecule has 4 N–H and O–H groups in total. The lowest BCUT2D eigenvalue weighted by Crippen LogP contribution is -2.47. The molecule has 30 heavy (non-hydrogen) atoms. The van der Waals surface area contributed by atoms with Gasteiger partial charge in [0.25, 0.3) is 11.8 Å². The maximum atomic E-state index is 11.8. The highest BCUT2D eigenvalue weighted by Crippen LogP contribution is 2.15. The number of imide groups is 2. The highest BCUT2D eigenvalue weighted by Gasteiger charge is 2.14. The molecule has 0 spiro atoms. The van der Waals surface area contributed by atoms with Crippen LogP contribution in [0.2, 0.25) is 0 Å². The lowest BCUT2D eigenvalue weighted by molar-refractivity contribution is -0.684. The third-order valence-corrected chi connectivity index (χ3v) is 3.95. The Kier molecular flexibility index (Phi) is 8.42. The molecule has 0 saturated heterocycles. The first-order chi connectivity index (χ1) is 14.4. The van der Waals surface area contributed by atoms with Crippen LogP contribution in [-0.4, -0.2) is 37.0 Å². The average Bonchev–Trinajstić information content (AvgIpc) is 2.69. The number of urea groups is 2. The third-order valence-electron chi connectivity index (χ3n) is 3.95. The number of rotatable bonds is 7. The Labute approximate surface area is 174 Å². The number of aromatic nitrogens is 2. The molecule has 0 aliphatic rings. The second-order valence-corrected chi connectivity index (χ2v) is 6.33. The van der Waals surface area contributed by atoms with E-state index in [4.69, 9.17) is 0 Å². The molecule has 158 valence electrons. The zero-order valence-electron chi connectivity index (χ0n) is 17.0. The first kappa shape index (κ1) is 22.5. The summed E-state index contributed by atoms with van der Waals surface area (Å²) in [7, 11) is 0. The Hall–Kier alpha value is -3.82. The normalized spacial score (nSPS) is 10.1. The average molecular weight is 414 g/mol. The van der Waals surface area contributed by atoms with Gasteiger partial charge in [0.05, 0.1) is 0 Å². The van der Waals surface area contributed by atoms with E-state index >= 15 is 0 Å². The summed E-state index contributed by atoms with van der Waals surface area (Å²) in [5, 5.41) is 9.49. The van der Waals surface area contributed by atoms with Crippen molar-refractivity contribution >= 4 is 23.9 Å². The SMILES string of the molecule is CCNC(=O)NC(=O)C[n+]1ccc(-c2cc[n+](CC(=O)NC(=O)NCC)cc2)cc1. The fourth-order valence-electron chi connectivity index (χ4n) is 2.58. The number of pyridine rings is 2. The highest BCUT2D eigenvalue weighted by molar-refractivity contribution is 5.94. The van der Waals surface area contributed by atoms with Crippen molar-refractivity contribution in [3.63, 3.8) is 0 Å². The second kappa shape index (κ2) is 11.2. The molecule has 0 aromatic carbocycles. The van der Waals surface area contributed by atoms with Crippen LogP contribution in [0.25, 0.3) is 11.1 Å². The summed E-state index contributed by atoms with van der Waals surface area (Å²) in [6, 6.07) is 6.36. The van der Waals surface area contributed by atoms with Crippen LogP contribution in [0.5, 0.6) is 0 Å². The van der Waals surface area contributed by atoms with Crippen LogP contribution in [-0.2, 0) is 22.7 Å². The van der Waals surface area contributed by atoms with Crippen LogP contribution in [0, 0.1) is 0 Å². The van der Waals surface area contributed by atoms with Gasteiger partial charge in [0.1, 0.15) is 0 Å². The molecule has 10 heteroatoms. The van der Waals surface area contributed by atoms with Crippen molar-refractivity contribution in [3.8, 4) is 11.1 Å². The molecule has 0 bridgehead atoms. The second-order valence-electron chi connectivity index (χ2n) is 6.33. The molecule has 6 amide bonds. The number of nitrogens with zero attached hydrogens (tertiary/aromatic N) is 2. The topological polar surface area (TPSA) is 124 Å². The van der Waals surface area contributed by atoms with Crippen molar-refractivity contribution in [3.05, 3.63) is 49.1 Å². The van der Waals surface area contributed by atoms with Crippen molar-refractivity contribution < 1.29 is 28.3 Å². The number of hydrogen-bond donors (Lipinski definition) is 4. The number of hydrogen-bond acceptors (Lipinski definition) is 4. The van der Waals surface area contributed by atoms with Crippen molar-refractivity contribution in [1.82, 2.24) is 21.3 Å². The predicted octanol–water partition coefficient (Wildman–Crippen LogP) is -0.380. The Morgan fingerprint density at radius 2 is 1.00 bits per heavy atom. The third kappa shape index (κ3) is 7.30. The van der Waals surface area contributed by atoms with Crippen LogP contribution in [0.15, 0.2) is 49.1 Å². The van der Waals surface area contributed by atoms with E-state index in [2.05, 4.69) is 21.3 Å². The summed E-state index contributed by atoms with van der Waals surface area (Å²) in [4.78, 5) is 46.4. The molecule has 0 aliphatic carbocycles. The maximum Gasteiger partial charge on any atom is 0.321 e. The van der Waals surface area contributed by atoms with Gasteiger partial charge in [-0.05, 0) is 25.0 Å². The molecular formula is C20H26N6O4+2. The summed E-state index contributed by atoms with van der Waals surface area (Å²) in [6.45, 7) is 4.46. The van der Waals surface area contributed by atoms with Crippen LogP contribution in [0.3, 0.4) is 0 Å². The lowest BCUT2D eigenvalue weighted by Gasteiger charge is -2.04. The van der Waals surface area contributed by atoms with Gasteiger partial charge in [-0.2, -0.15) is 9.13 Å². The summed E-state index contributed by atoms with van der Waals surface area (Å²) in [5.74, 6) is -0.823. The minimum atomic E-state index is -0.517. The molecular weight excluding hydrogens is 388 g/mol. The molecule has 0 aliphatic heterocycles. The number of carbonyl (C=O) groups excluding carboxylic acids is 4. The van der Waals surface area contributed by atoms with E-state index in [0.717, 1.165) is 11.1 Å². The molecule has 2 aromatic heterocycles. The fraction of sp³-hybridized carbons (Fsp3) is 0.300. The zero-order chi connectivity index (χ0) is 21.9. The van der Waals surface area contributed by atoms with Crippen LogP contribution in [0.4, 0.5) is 9.59 Å². The van der Waals surface area contributed by atoms with Crippen LogP contribution < -0.4 is 30.4 Å². The molecule has 2 heterocycles. The number of amides is 6. The van der Waals surface area contributed by atoms with Crippen LogP contribution >= 0.6 is 0 Å².